The summed E-state index contributed by atoms with van der Waals surface area (Å²) < 4.78 is 3.56. The van der Waals surface area contributed by atoms with E-state index in [4.69, 9.17) is 5.10 Å². The number of hydrogen-bond acceptors (Lipinski definition) is 3. The Hall–Kier alpha value is -3.23. The fourth-order valence-electron chi connectivity index (χ4n) is 3.75. The lowest BCUT2D eigenvalue weighted by atomic mass is 10.0. The molecule has 1 atom stereocenters. The van der Waals surface area contributed by atoms with Crippen molar-refractivity contribution in [3.8, 4) is 11.3 Å². The number of carbonyl (C=O) groups excluding carboxylic acids is 2. The van der Waals surface area contributed by atoms with Gasteiger partial charge in [0.05, 0.1) is 12.2 Å². The summed E-state index contributed by atoms with van der Waals surface area (Å²) in [5.74, 6) is -0.624. The largest absolute Gasteiger partial charge is 0.357 e. The fourth-order valence-corrected chi connectivity index (χ4v) is 4.46. The number of benzene rings is 3. The van der Waals surface area contributed by atoms with Gasteiger partial charge in [-0.2, -0.15) is 5.10 Å². The summed E-state index contributed by atoms with van der Waals surface area (Å²) in [5, 5.41) is 10.3. The first kappa shape index (κ1) is 24.9. The van der Waals surface area contributed by atoms with Crippen molar-refractivity contribution < 1.29 is 9.59 Å². The summed E-state index contributed by atoms with van der Waals surface area (Å²) in [6.07, 6.45) is 0.358. The number of hydrogen-bond donors (Lipinski definition) is 2. The number of nitrogens with one attached hydrogen (secondary N) is 2. The summed E-state index contributed by atoms with van der Waals surface area (Å²) in [6, 6.07) is 26.3. The van der Waals surface area contributed by atoms with Gasteiger partial charge in [-0.15, -0.1) is 0 Å². The maximum absolute atomic E-state index is 13.5. The maximum atomic E-state index is 13.5. The Morgan fingerprint density at radius 1 is 0.886 bits per heavy atom. The van der Waals surface area contributed by atoms with Crippen molar-refractivity contribution in [1.29, 1.82) is 0 Å². The van der Waals surface area contributed by atoms with Crippen molar-refractivity contribution in [1.82, 2.24) is 20.4 Å². The number of halogens is 2. The van der Waals surface area contributed by atoms with Crippen molar-refractivity contribution >= 4 is 43.7 Å². The topological polar surface area (TPSA) is 76.0 Å². The molecule has 1 aromatic heterocycles. The molecule has 2 amide bonds. The van der Waals surface area contributed by atoms with Crippen molar-refractivity contribution in [2.75, 3.05) is 7.05 Å². The first-order valence-electron chi connectivity index (χ1n) is 11.1. The van der Waals surface area contributed by atoms with Gasteiger partial charge in [0.1, 0.15) is 11.7 Å². The minimum atomic E-state index is -0.738. The summed E-state index contributed by atoms with van der Waals surface area (Å²) in [7, 11) is 1.56. The molecule has 6 nitrogen and oxygen atoms in total. The number of aromatic nitrogens is 2. The zero-order valence-corrected chi connectivity index (χ0v) is 22.2. The van der Waals surface area contributed by atoms with E-state index in [1.54, 1.807) is 17.8 Å². The van der Waals surface area contributed by atoms with Crippen LogP contribution in [0.25, 0.3) is 11.3 Å². The molecule has 0 radical (unpaired) electrons. The molecule has 0 fully saturated rings. The van der Waals surface area contributed by atoms with Crippen LogP contribution in [-0.2, 0) is 17.8 Å². The third-order valence-corrected chi connectivity index (χ3v) is 6.55. The molecule has 0 saturated heterocycles. The smallest absolute Gasteiger partial charge is 0.270 e. The number of rotatable bonds is 8. The molecule has 2 N–H and O–H groups in total. The standard InChI is InChI=1S/C27H24Br2N4O2/c1-30-26(34)24(15-19-8-5-9-22(29)14-19)31-27(35)25-16-23(20-10-12-21(28)13-11-20)32-33(25)17-18-6-3-2-4-7-18/h2-14,16,24H,15,17H2,1H3,(H,30,34)(H,31,35). The highest BCUT2D eigenvalue weighted by Gasteiger charge is 2.24. The van der Waals surface area contributed by atoms with Gasteiger partial charge in [0.2, 0.25) is 5.91 Å². The van der Waals surface area contributed by atoms with Crippen molar-refractivity contribution in [2.24, 2.45) is 0 Å². The van der Waals surface area contributed by atoms with Gasteiger partial charge in [0, 0.05) is 28.0 Å². The van der Waals surface area contributed by atoms with E-state index in [0.29, 0.717) is 24.4 Å². The maximum Gasteiger partial charge on any atom is 0.270 e. The van der Waals surface area contributed by atoms with E-state index in [1.807, 2.05) is 78.9 Å². The second kappa shape index (κ2) is 11.5. The zero-order valence-electron chi connectivity index (χ0n) is 19.0. The van der Waals surface area contributed by atoms with Crippen molar-refractivity contribution in [3.05, 3.63) is 111 Å². The van der Waals surface area contributed by atoms with E-state index in [-0.39, 0.29) is 11.8 Å². The van der Waals surface area contributed by atoms with E-state index in [9.17, 15) is 9.59 Å². The molecule has 0 aliphatic rings. The Bertz CT molecular complexity index is 1320. The van der Waals surface area contributed by atoms with Gasteiger partial charge < -0.3 is 10.6 Å². The highest BCUT2D eigenvalue weighted by atomic mass is 79.9. The van der Waals surface area contributed by atoms with Crippen LogP contribution in [-0.4, -0.2) is 34.7 Å². The lowest BCUT2D eigenvalue weighted by molar-refractivity contribution is -0.122. The van der Waals surface area contributed by atoms with Crippen LogP contribution in [0.5, 0.6) is 0 Å². The Morgan fingerprint density at radius 3 is 2.29 bits per heavy atom. The molecule has 1 heterocycles. The molecule has 4 rings (SSSR count). The monoisotopic (exact) mass is 594 g/mol. The lowest BCUT2D eigenvalue weighted by Gasteiger charge is -2.18. The first-order chi connectivity index (χ1) is 16.9. The SMILES string of the molecule is CNC(=O)C(Cc1cccc(Br)c1)NC(=O)c1cc(-c2ccc(Br)cc2)nn1Cc1ccccc1. The molecule has 0 aliphatic carbocycles. The van der Waals surface area contributed by atoms with E-state index >= 15 is 0 Å². The molecule has 35 heavy (non-hydrogen) atoms. The molecule has 8 heteroatoms. The molecule has 0 bridgehead atoms. The zero-order chi connectivity index (χ0) is 24.8. The minimum Gasteiger partial charge on any atom is -0.357 e. The highest BCUT2D eigenvalue weighted by molar-refractivity contribution is 9.10. The Balaban J connectivity index is 1.65. The van der Waals surface area contributed by atoms with Gasteiger partial charge in [-0.3, -0.25) is 14.3 Å². The van der Waals surface area contributed by atoms with Crippen LogP contribution in [0, 0.1) is 0 Å². The molecule has 178 valence electrons. The van der Waals surface area contributed by atoms with E-state index in [2.05, 4.69) is 42.5 Å². The van der Waals surface area contributed by atoms with Crippen LogP contribution < -0.4 is 10.6 Å². The molecule has 0 spiro atoms. The van der Waals surface area contributed by atoms with Crippen molar-refractivity contribution in [3.63, 3.8) is 0 Å². The van der Waals surface area contributed by atoms with E-state index in [0.717, 1.165) is 25.6 Å². The van der Waals surface area contributed by atoms with Crippen molar-refractivity contribution in [2.45, 2.75) is 19.0 Å². The second-order valence-electron chi connectivity index (χ2n) is 8.04. The van der Waals surface area contributed by atoms with Gasteiger partial charge in [0.25, 0.3) is 5.91 Å². The number of carbonyl (C=O) groups is 2. The Kier molecular flexibility index (Phi) is 8.15. The molecule has 1 unspecified atom stereocenters. The van der Waals surface area contributed by atoms with Crippen LogP contribution in [0.1, 0.15) is 21.6 Å². The molecule has 3 aromatic carbocycles. The normalized spacial score (nSPS) is 11.6. The fraction of sp³-hybridized carbons (Fsp3) is 0.148. The summed E-state index contributed by atoms with van der Waals surface area (Å²) in [6.45, 7) is 0.427. The average molecular weight is 596 g/mol. The van der Waals surface area contributed by atoms with Crippen LogP contribution >= 0.6 is 31.9 Å². The van der Waals surface area contributed by atoms with E-state index in [1.165, 1.54) is 0 Å². The van der Waals surface area contributed by atoms with Crippen LogP contribution in [0.15, 0.2) is 93.9 Å². The predicted octanol–water partition coefficient (Wildman–Crippen LogP) is 5.21. The Morgan fingerprint density at radius 2 is 1.60 bits per heavy atom. The lowest BCUT2D eigenvalue weighted by Crippen LogP contribution is -2.47. The molecule has 0 aliphatic heterocycles. The van der Waals surface area contributed by atoms with Gasteiger partial charge in [0.15, 0.2) is 0 Å². The molecule has 4 aromatic rings. The van der Waals surface area contributed by atoms with Gasteiger partial charge in [-0.25, -0.2) is 0 Å². The van der Waals surface area contributed by atoms with Crippen LogP contribution in [0.3, 0.4) is 0 Å². The number of amides is 2. The minimum absolute atomic E-state index is 0.263. The summed E-state index contributed by atoms with van der Waals surface area (Å²) >= 11 is 6.92. The summed E-state index contributed by atoms with van der Waals surface area (Å²) in [4.78, 5) is 26.1. The average Bonchev–Trinajstić information content (AvgIpc) is 3.28. The summed E-state index contributed by atoms with van der Waals surface area (Å²) in [5.41, 5.74) is 3.91. The molecular formula is C27H24Br2N4O2. The molecule has 0 saturated carbocycles. The van der Waals surface area contributed by atoms with Gasteiger partial charge in [-0.1, -0.05) is 86.5 Å². The first-order valence-corrected chi connectivity index (χ1v) is 12.7. The predicted molar refractivity (Wildman–Crippen MR) is 144 cm³/mol. The van der Waals surface area contributed by atoms with Gasteiger partial charge in [-0.05, 0) is 41.5 Å². The highest BCUT2D eigenvalue weighted by Crippen LogP contribution is 2.23. The molecular weight excluding hydrogens is 572 g/mol. The van der Waals surface area contributed by atoms with E-state index < -0.39 is 6.04 Å². The van der Waals surface area contributed by atoms with Crippen LogP contribution in [0.2, 0.25) is 0 Å². The third-order valence-electron chi connectivity index (χ3n) is 5.52. The van der Waals surface area contributed by atoms with Crippen LogP contribution in [0.4, 0.5) is 0 Å². The second-order valence-corrected chi connectivity index (χ2v) is 9.87. The van der Waals surface area contributed by atoms with Gasteiger partial charge >= 0.3 is 0 Å². The quantitative estimate of drug-likeness (QED) is 0.294. The number of nitrogens with zero attached hydrogens (tertiary/aromatic N) is 2. The third kappa shape index (κ3) is 6.46. The Labute approximate surface area is 221 Å². The number of likely N-dealkylation sites (N-methyl/N-ethyl adjacent to an activating group) is 1.